The molecule has 1 rings (SSSR count). The summed E-state index contributed by atoms with van der Waals surface area (Å²) >= 11 is 0. The van der Waals surface area contributed by atoms with E-state index in [4.69, 9.17) is 0 Å². The van der Waals surface area contributed by atoms with Crippen molar-refractivity contribution in [2.75, 3.05) is 6.61 Å². The van der Waals surface area contributed by atoms with Gasteiger partial charge in [-0.2, -0.15) is 0 Å². The van der Waals surface area contributed by atoms with Crippen LogP contribution in [-0.2, 0) is 14.1 Å². The minimum absolute atomic E-state index is 0.250. The normalized spacial score (nSPS) is 28.1. The third-order valence-corrected chi connectivity index (χ3v) is 1.38. The number of rotatable bonds is 1. The van der Waals surface area contributed by atoms with E-state index in [0.29, 0.717) is 13.0 Å². The van der Waals surface area contributed by atoms with Crippen LogP contribution in [0.5, 0.6) is 0 Å². The minimum Gasteiger partial charge on any atom is -0.464 e. The van der Waals surface area contributed by atoms with Crippen molar-refractivity contribution < 1.29 is 14.1 Å². The van der Waals surface area contributed by atoms with Crippen LogP contribution in [0.1, 0.15) is 6.42 Å². The molecule has 1 fully saturated rings. The second kappa shape index (κ2) is 2.42. The average molecular weight is 134 g/mol. The Morgan fingerprint density at radius 2 is 2.62 bits per heavy atom. The van der Waals surface area contributed by atoms with Crippen LogP contribution in [-0.4, -0.2) is 18.7 Å². The predicted molar refractivity (Wildman–Crippen MR) is 30.2 cm³/mol. The van der Waals surface area contributed by atoms with Gasteiger partial charge in [-0.1, -0.05) is 0 Å². The van der Waals surface area contributed by atoms with Crippen molar-refractivity contribution in [3.63, 3.8) is 0 Å². The highest BCUT2D eigenvalue weighted by molar-refractivity contribution is 7.09. The van der Waals surface area contributed by atoms with Crippen molar-refractivity contribution in [1.29, 1.82) is 0 Å². The maximum Gasteiger partial charge on any atom is 0.335 e. The summed E-state index contributed by atoms with van der Waals surface area (Å²) in [6.07, 6.45) is 0.350. The Hall–Kier alpha value is -0.140. The Morgan fingerprint density at radius 3 is 2.88 bits per heavy atom. The molecule has 0 aromatic heterocycles. The summed E-state index contributed by atoms with van der Waals surface area (Å²) in [5.41, 5.74) is 0. The number of esters is 1. The summed E-state index contributed by atoms with van der Waals surface area (Å²) in [7, 11) is 2.05. The smallest absolute Gasteiger partial charge is 0.335 e. The molecule has 0 aliphatic carbocycles. The fraction of sp³-hybridized carbons (Fsp3) is 0.750. The van der Waals surface area contributed by atoms with Crippen LogP contribution in [0.3, 0.4) is 0 Å². The fourth-order valence-corrected chi connectivity index (χ4v) is 0.848. The quantitative estimate of drug-likeness (QED) is 0.377. The standard InChI is InChI=1S/C4H7O3P/c5-4-3(7-8)1-2-6-4/h3H,1-2,8H2. The van der Waals surface area contributed by atoms with E-state index in [1.54, 1.807) is 0 Å². The van der Waals surface area contributed by atoms with E-state index >= 15 is 0 Å². The maximum absolute atomic E-state index is 10.4. The molecule has 46 valence electrons. The lowest BCUT2D eigenvalue weighted by Crippen LogP contribution is -2.13. The van der Waals surface area contributed by atoms with Crippen molar-refractivity contribution >= 4 is 15.4 Å². The summed E-state index contributed by atoms with van der Waals surface area (Å²) in [5, 5.41) is 0. The van der Waals surface area contributed by atoms with Gasteiger partial charge in [0.15, 0.2) is 6.10 Å². The van der Waals surface area contributed by atoms with Gasteiger partial charge in [0.2, 0.25) is 0 Å². The Morgan fingerprint density at radius 1 is 1.88 bits per heavy atom. The highest BCUT2D eigenvalue weighted by atomic mass is 31.0. The average Bonchev–Trinajstić information content (AvgIpc) is 2.14. The third-order valence-electron chi connectivity index (χ3n) is 1.05. The van der Waals surface area contributed by atoms with E-state index in [1.165, 1.54) is 0 Å². The SMILES string of the molecule is O=C1OCCC1OP. The molecular weight excluding hydrogens is 127 g/mol. The summed E-state index contributed by atoms with van der Waals surface area (Å²) in [5.74, 6) is -0.250. The molecule has 0 amide bonds. The van der Waals surface area contributed by atoms with E-state index < -0.39 is 0 Å². The molecule has 2 atom stereocenters. The van der Waals surface area contributed by atoms with E-state index in [9.17, 15) is 4.79 Å². The molecule has 2 unspecified atom stereocenters. The van der Waals surface area contributed by atoms with Gasteiger partial charge in [0.05, 0.1) is 6.61 Å². The van der Waals surface area contributed by atoms with Gasteiger partial charge >= 0.3 is 5.97 Å². The topological polar surface area (TPSA) is 35.5 Å². The molecule has 8 heavy (non-hydrogen) atoms. The van der Waals surface area contributed by atoms with E-state index in [-0.39, 0.29) is 12.1 Å². The number of carbonyl (C=O) groups excluding carboxylic acids is 1. The van der Waals surface area contributed by atoms with Crippen LogP contribution in [0.25, 0.3) is 0 Å². The number of ether oxygens (including phenoxy) is 1. The molecule has 0 spiro atoms. The molecule has 3 nitrogen and oxygen atoms in total. The zero-order chi connectivity index (χ0) is 5.98. The van der Waals surface area contributed by atoms with Crippen molar-refractivity contribution in [3.05, 3.63) is 0 Å². The van der Waals surface area contributed by atoms with Crippen molar-refractivity contribution in [2.24, 2.45) is 0 Å². The maximum atomic E-state index is 10.4. The van der Waals surface area contributed by atoms with Gasteiger partial charge < -0.3 is 9.26 Å². The minimum atomic E-state index is -0.333. The van der Waals surface area contributed by atoms with Gasteiger partial charge in [0.25, 0.3) is 0 Å². The van der Waals surface area contributed by atoms with Gasteiger partial charge in [-0.15, -0.1) is 0 Å². The summed E-state index contributed by atoms with van der Waals surface area (Å²) in [6, 6.07) is 0. The lowest BCUT2D eigenvalue weighted by Gasteiger charge is -1.97. The zero-order valence-corrected chi connectivity index (χ0v) is 5.45. The van der Waals surface area contributed by atoms with Gasteiger partial charge in [-0.3, -0.25) is 0 Å². The number of cyclic esters (lactones) is 1. The predicted octanol–water partition coefficient (Wildman–Crippen LogP) is 0.109. The first-order valence-corrected chi connectivity index (χ1v) is 2.84. The van der Waals surface area contributed by atoms with Crippen molar-refractivity contribution in [2.45, 2.75) is 12.5 Å². The highest BCUT2D eigenvalue weighted by Crippen LogP contribution is 2.11. The molecule has 0 saturated carbocycles. The van der Waals surface area contributed by atoms with E-state index in [0.717, 1.165) is 0 Å². The molecule has 0 bridgehead atoms. The van der Waals surface area contributed by atoms with E-state index in [1.807, 2.05) is 9.47 Å². The zero-order valence-electron chi connectivity index (χ0n) is 4.29. The second-order valence-electron chi connectivity index (χ2n) is 1.58. The molecular formula is C4H7O3P. The molecule has 4 heteroatoms. The second-order valence-corrected chi connectivity index (χ2v) is 1.85. The van der Waals surface area contributed by atoms with Crippen molar-refractivity contribution in [1.82, 2.24) is 0 Å². The first-order valence-electron chi connectivity index (χ1n) is 2.37. The lowest BCUT2D eigenvalue weighted by molar-refractivity contribution is -0.143. The Balaban J connectivity index is 2.42. The van der Waals surface area contributed by atoms with E-state index in [2.05, 4.69) is 9.26 Å². The fourth-order valence-electron chi connectivity index (χ4n) is 0.601. The van der Waals surface area contributed by atoms with Gasteiger partial charge in [0, 0.05) is 15.9 Å². The monoisotopic (exact) mass is 134 g/mol. The summed E-state index contributed by atoms with van der Waals surface area (Å²) < 4.78 is 9.24. The molecule has 0 N–H and O–H groups in total. The van der Waals surface area contributed by atoms with Crippen LogP contribution in [0, 0.1) is 0 Å². The van der Waals surface area contributed by atoms with Crippen LogP contribution >= 0.6 is 9.47 Å². The van der Waals surface area contributed by atoms with Crippen LogP contribution in [0.15, 0.2) is 0 Å². The number of hydrogen-bond acceptors (Lipinski definition) is 3. The highest BCUT2D eigenvalue weighted by Gasteiger charge is 2.25. The molecule has 1 saturated heterocycles. The summed E-state index contributed by atoms with van der Waals surface area (Å²) in [4.78, 5) is 10.4. The Bertz CT molecular complexity index is 103. The molecule has 0 radical (unpaired) electrons. The number of hydrogen-bond donors (Lipinski definition) is 0. The molecule has 1 aliphatic heterocycles. The molecule has 0 aromatic carbocycles. The van der Waals surface area contributed by atoms with Gasteiger partial charge in [-0.25, -0.2) is 4.79 Å². The van der Waals surface area contributed by atoms with Crippen LogP contribution in [0.4, 0.5) is 0 Å². The first kappa shape index (κ1) is 5.99. The molecule has 1 heterocycles. The lowest BCUT2D eigenvalue weighted by atomic mass is 10.3. The largest absolute Gasteiger partial charge is 0.464 e. The molecule has 0 aromatic rings. The number of carbonyl (C=O) groups is 1. The summed E-state index contributed by atoms with van der Waals surface area (Å²) in [6.45, 7) is 0.498. The van der Waals surface area contributed by atoms with Crippen molar-refractivity contribution in [3.8, 4) is 0 Å². The van der Waals surface area contributed by atoms with Crippen LogP contribution < -0.4 is 0 Å². The third kappa shape index (κ3) is 0.984. The van der Waals surface area contributed by atoms with Gasteiger partial charge in [-0.05, 0) is 0 Å². The van der Waals surface area contributed by atoms with Gasteiger partial charge in [0.1, 0.15) is 0 Å². The first-order chi connectivity index (χ1) is 3.84. The molecule has 1 aliphatic rings. The van der Waals surface area contributed by atoms with Crippen LogP contribution in [0.2, 0.25) is 0 Å². The Labute approximate surface area is 49.6 Å². The Kier molecular flexibility index (Phi) is 1.81.